The average molecular weight is 443 g/mol. The lowest BCUT2D eigenvalue weighted by molar-refractivity contribution is 0.403. The third-order valence-electron chi connectivity index (χ3n) is 5.51. The average Bonchev–Trinajstić information content (AvgIpc) is 2.81. The lowest BCUT2D eigenvalue weighted by Crippen LogP contribution is -1.94. The van der Waals surface area contributed by atoms with Crippen molar-refractivity contribution in [3.8, 4) is 34.5 Å². The Balaban J connectivity index is 1.41. The van der Waals surface area contributed by atoms with Crippen molar-refractivity contribution in [2.45, 2.75) is 25.7 Å². The van der Waals surface area contributed by atoms with Crippen LogP contribution in [0, 0.1) is 0 Å². The van der Waals surface area contributed by atoms with Gasteiger partial charge in [-0.15, -0.1) is 0 Å². The maximum Gasteiger partial charge on any atom is 0.169 e. The van der Waals surface area contributed by atoms with Crippen LogP contribution in [0.3, 0.4) is 0 Å². The molecule has 0 aromatic heterocycles. The van der Waals surface area contributed by atoms with Crippen molar-refractivity contribution in [2.75, 3.05) is 0 Å². The smallest absolute Gasteiger partial charge is 0.169 e. The molecule has 0 saturated heterocycles. The molecule has 0 bridgehead atoms. The minimum absolute atomic E-state index is 0.0704. The fourth-order valence-electron chi connectivity index (χ4n) is 3.70. The highest BCUT2D eigenvalue weighted by Gasteiger charge is 2.08. The highest BCUT2D eigenvalue weighted by atomic mass is 16.5. The lowest BCUT2D eigenvalue weighted by atomic mass is 10.0. The molecule has 4 rings (SSSR count). The summed E-state index contributed by atoms with van der Waals surface area (Å²) in [5.41, 5.74) is 4.04. The van der Waals surface area contributed by atoms with Gasteiger partial charge in [0.25, 0.3) is 0 Å². The molecule has 0 amide bonds. The molecular weight excluding hydrogens is 416 g/mol. The van der Waals surface area contributed by atoms with Crippen LogP contribution in [0.15, 0.2) is 84.9 Å². The monoisotopic (exact) mass is 442 g/mol. The SMILES string of the molecule is Oc1cccc(CCc2ccc(O)c(Oc3cccc(CCc4ccc(O)c(O)c4)c3)c2)c1. The molecule has 0 atom stereocenters. The van der Waals surface area contributed by atoms with Gasteiger partial charge in [0.1, 0.15) is 11.5 Å². The zero-order chi connectivity index (χ0) is 23.2. The number of rotatable bonds is 8. The van der Waals surface area contributed by atoms with Crippen LogP contribution in [0.2, 0.25) is 0 Å². The van der Waals surface area contributed by atoms with Gasteiger partial charge in [-0.05, 0) is 96.5 Å². The fraction of sp³-hybridized carbons (Fsp3) is 0.143. The van der Waals surface area contributed by atoms with Crippen molar-refractivity contribution in [3.05, 3.63) is 107 Å². The molecular formula is C28H26O5. The van der Waals surface area contributed by atoms with Crippen LogP contribution in [-0.4, -0.2) is 20.4 Å². The van der Waals surface area contributed by atoms with Crippen molar-refractivity contribution >= 4 is 0 Å². The summed E-state index contributed by atoms with van der Waals surface area (Å²) in [5, 5.41) is 39.0. The molecule has 5 nitrogen and oxygen atoms in total. The largest absolute Gasteiger partial charge is 0.508 e. The van der Waals surface area contributed by atoms with Gasteiger partial charge in [0.05, 0.1) is 0 Å². The molecule has 4 aromatic carbocycles. The van der Waals surface area contributed by atoms with Crippen LogP contribution < -0.4 is 4.74 Å². The predicted molar refractivity (Wildman–Crippen MR) is 127 cm³/mol. The van der Waals surface area contributed by atoms with Crippen LogP contribution in [0.5, 0.6) is 34.5 Å². The summed E-state index contributed by atoms with van der Waals surface area (Å²) in [7, 11) is 0. The Morgan fingerprint density at radius 1 is 0.485 bits per heavy atom. The van der Waals surface area contributed by atoms with E-state index in [0.717, 1.165) is 41.5 Å². The zero-order valence-corrected chi connectivity index (χ0v) is 18.1. The molecule has 0 fully saturated rings. The third kappa shape index (κ3) is 5.98. The predicted octanol–water partition coefficient (Wildman–Crippen LogP) is 5.87. The molecule has 0 heterocycles. The van der Waals surface area contributed by atoms with E-state index in [2.05, 4.69) is 0 Å². The first-order valence-electron chi connectivity index (χ1n) is 10.8. The zero-order valence-electron chi connectivity index (χ0n) is 18.1. The van der Waals surface area contributed by atoms with Crippen molar-refractivity contribution in [3.63, 3.8) is 0 Å². The highest BCUT2D eigenvalue weighted by molar-refractivity contribution is 5.45. The first-order chi connectivity index (χ1) is 16.0. The second-order valence-corrected chi connectivity index (χ2v) is 8.04. The van der Waals surface area contributed by atoms with Gasteiger partial charge in [0.15, 0.2) is 23.0 Å². The molecule has 0 aliphatic rings. The molecule has 0 unspecified atom stereocenters. The molecule has 5 heteroatoms. The molecule has 0 radical (unpaired) electrons. The maximum atomic E-state index is 10.3. The summed E-state index contributed by atoms with van der Waals surface area (Å²) >= 11 is 0. The van der Waals surface area contributed by atoms with Crippen molar-refractivity contribution in [1.29, 1.82) is 0 Å². The summed E-state index contributed by atoms with van der Waals surface area (Å²) in [6, 6.07) is 25.1. The fourth-order valence-corrected chi connectivity index (χ4v) is 3.70. The van der Waals surface area contributed by atoms with E-state index >= 15 is 0 Å². The molecule has 168 valence electrons. The van der Waals surface area contributed by atoms with E-state index in [0.29, 0.717) is 17.9 Å². The van der Waals surface area contributed by atoms with Crippen LogP contribution in [0.25, 0.3) is 0 Å². The second-order valence-electron chi connectivity index (χ2n) is 8.04. The van der Waals surface area contributed by atoms with E-state index in [9.17, 15) is 20.4 Å². The Labute approximate surface area is 192 Å². The second kappa shape index (κ2) is 10.0. The van der Waals surface area contributed by atoms with Crippen molar-refractivity contribution in [2.24, 2.45) is 0 Å². The Hall–Kier alpha value is -4.12. The van der Waals surface area contributed by atoms with E-state index in [1.54, 1.807) is 30.3 Å². The third-order valence-corrected chi connectivity index (χ3v) is 5.51. The Morgan fingerprint density at radius 3 is 1.73 bits per heavy atom. The van der Waals surface area contributed by atoms with Gasteiger partial charge in [-0.3, -0.25) is 0 Å². The van der Waals surface area contributed by atoms with Gasteiger partial charge >= 0.3 is 0 Å². The first kappa shape index (κ1) is 22.1. The van der Waals surface area contributed by atoms with Gasteiger partial charge in [-0.2, -0.15) is 0 Å². The minimum Gasteiger partial charge on any atom is -0.508 e. The van der Waals surface area contributed by atoms with Crippen LogP contribution >= 0.6 is 0 Å². The number of phenolic OH excluding ortho intramolecular Hbond substituents is 4. The number of phenols is 4. The summed E-state index contributed by atoms with van der Waals surface area (Å²) in [6.45, 7) is 0. The lowest BCUT2D eigenvalue weighted by Gasteiger charge is -2.11. The normalized spacial score (nSPS) is 10.8. The number of benzene rings is 4. The molecule has 0 aliphatic carbocycles. The van der Waals surface area contributed by atoms with Crippen LogP contribution in [0.1, 0.15) is 22.3 Å². The number of hydrogen-bond donors (Lipinski definition) is 4. The quantitative estimate of drug-likeness (QED) is 0.256. The molecule has 0 spiro atoms. The Kier molecular flexibility index (Phi) is 6.69. The van der Waals surface area contributed by atoms with Crippen LogP contribution in [-0.2, 0) is 25.7 Å². The molecule has 33 heavy (non-hydrogen) atoms. The Morgan fingerprint density at radius 2 is 1.06 bits per heavy atom. The summed E-state index contributed by atoms with van der Waals surface area (Å²) in [5.74, 6) is 1.10. The summed E-state index contributed by atoms with van der Waals surface area (Å²) in [6.07, 6.45) is 2.95. The van der Waals surface area contributed by atoms with Gasteiger partial charge in [0.2, 0.25) is 0 Å². The number of ether oxygens (including phenoxy) is 1. The number of aromatic hydroxyl groups is 4. The van der Waals surface area contributed by atoms with E-state index in [4.69, 9.17) is 4.74 Å². The van der Waals surface area contributed by atoms with E-state index in [-0.39, 0.29) is 23.0 Å². The van der Waals surface area contributed by atoms with Crippen molar-refractivity contribution in [1.82, 2.24) is 0 Å². The van der Waals surface area contributed by atoms with Gasteiger partial charge in [-0.1, -0.05) is 36.4 Å². The van der Waals surface area contributed by atoms with Gasteiger partial charge in [0, 0.05) is 0 Å². The molecule has 0 saturated carbocycles. The molecule has 4 aromatic rings. The van der Waals surface area contributed by atoms with E-state index in [1.807, 2.05) is 48.5 Å². The minimum atomic E-state index is -0.127. The van der Waals surface area contributed by atoms with Gasteiger partial charge in [-0.25, -0.2) is 0 Å². The summed E-state index contributed by atoms with van der Waals surface area (Å²) < 4.78 is 5.99. The number of aryl methyl sites for hydroxylation is 4. The van der Waals surface area contributed by atoms with E-state index < -0.39 is 0 Å². The van der Waals surface area contributed by atoms with Gasteiger partial charge < -0.3 is 25.2 Å². The summed E-state index contributed by atoms with van der Waals surface area (Å²) in [4.78, 5) is 0. The standard InChI is InChI=1S/C28H26O5/c29-23-5-1-3-19(15-23)7-10-22-12-14-26(31)28(18-22)33-24-6-2-4-20(16-24)8-9-21-11-13-25(30)27(32)17-21/h1-6,11-18,29-32H,7-10H2. The first-order valence-corrected chi connectivity index (χ1v) is 10.8. The number of hydrogen-bond acceptors (Lipinski definition) is 5. The van der Waals surface area contributed by atoms with E-state index in [1.165, 1.54) is 6.07 Å². The maximum absolute atomic E-state index is 10.3. The highest BCUT2D eigenvalue weighted by Crippen LogP contribution is 2.33. The molecule has 0 aliphatic heterocycles. The Bertz CT molecular complexity index is 1250. The molecule has 4 N–H and O–H groups in total. The topological polar surface area (TPSA) is 90.2 Å². The van der Waals surface area contributed by atoms with Crippen molar-refractivity contribution < 1.29 is 25.2 Å². The van der Waals surface area contributed by atoms with Crippen LogP contribution in [0.4, 0.5) is 0 Å².